The van der Waals surface area contributed by atoms with Crippen LogP contribution in [0.25, 0.3) is 0 Å². The van der Waals surface area contributed by atoms with Gasteiger partial charge in [-0.3, -0.25) is 0 Å². The van der Waals surface area contributed by atoms with Crippen LogP contribution in [0.5, 0.6) is 11.5 Å². The molecule has 0 saturated heterocycles. The van der Waals surface area contributed by atoms with Crippen molar-refractivity contribution < 1.29 is 14.6 Å². The second kappa shape index (κ2) is 5.21. The zero-order valence-electron chi connectivity index (χ0n) is 8.66. The fraction of sp³-hybridized carbons (Fsp3) is 0.400. The van der Waals surface area contributed by atoms with Crippen molar-refractivity contribution in [2.24, 2.45) is 5.73 Å². The van der Waals surface area contributed by atoms with Crippen LogP contribution in [0.4, 0.5) is 0 Å². The normalized spacial score (nSPS) is 12.3. The summed E-state index contributed by atoms with van der Waals surface area (Å²) >= 11 is 5.97. The van der Waals surface area contributed by atoms with E-state index in [-0.39, 0.29) is 6.61 Å². The smallest absolute Gasteiger partial charge is 0.179 e. The SMILES string of the molecule is COc1cc([C@H](N)CO)cc(Cl)c1OC. The van der Waals surface area contributed by atoms with Crippen LogP contribution < -0.4 is 15.2 Å². The van der Waals surface area contributed by atoms with E-state index in [1.54, 1.807) is 12.1 Å². The number of hydrogen-bond donors (Lipinski definition) is 2. The van der Waals surface area contributed by atoms with Crippen LogP contribution in [0.2, 0.25) is 5.02 Å². The quantitative estimate of drug-likeness (QED) is 0.821. The van der Waals surface area contributed by atoms with Crippen molar-refractivity contribution in [3.05, 3.63) is 22.7 Å². The summed E-state index contributed by atoms with van der Waals surface area (Å²) in [5, 5.41) is 9.34. The molecular formula is C10H14ClNO3. The zero-order valence-corrected chi connectivity index (χ0v) is 9.41. The van der Waals surface area contributed by atoms with Crippen molar-refractivity contribution >= 4 is 11.6 Å². The van der Waals surface area contributed by atoms with E-state index in [9.17, 15) is 0 Å². The number of rotatable bonds is 4. The van der Waals surface area contributed by atoms with Crippen molar-refractivity contribution in [1.82, 2.24) is 0 Å². The first-order chi connectivity index (χ1) is 7.13. The second-order valence-electron chi connectivity index (χ2n) is 3.03. The Kier molecular flexibility index (Phi) is 4.20. The summed E-state index contributed by atoms with van der Waals surface area (Å²) in [5.41, 5.74) is 6.38. The fourth-order valence-electron chi connectivity index (χ4n) is 1.26. The first kappa shape index (κ1) is 12.1. The molecule has 0 aliphatic heterocycles. The summed E-state index contributed by atoms with van der Waals surface area (Å²) in [6.45, 7) is -0.147. The average molecular weight is 232 g/mol. The van der Waals surface area contributed by atoms with Crippen molar-refractivity contribution in [3.8, 4) is 11.5 Å². The molecule has 1 atom stereocenters. The summed E-state index contributed by atoms with van der Waals surface area (Å²) < 4.78 is 10.2. The first-order valence-electron chi connectivity index (χ1n) is 4.41. The van der Waals surface area contributed by atoms with Crippen LogP contribution in [-0.2, 0) is 0 Å². The van der Waals surface area contributed by atoms with Crippen LogP contribution in [0.15, 0.2) is 12.1 Å². The molecule has 0 spiro atoms. The van der Waals surface area contributed by atoms with Crippen molar-refractivity contribution in [2.75, 3.05) is 20.8 Å². The number of aliphatic hydroxyl groups excluding tert-OH is 1. The van der Waals surface area contributed by atoms with E-state index in [1.165, 1.54) is 14.2 Å². The molecule has 0 aliphatic rings. The van der Waals surface area contributed by atoms with Gasteiger partial charge < -0.3 is 20.3 Å². The zero-order chi connectivity index (χ0) is 11.4. The van der Waals surface area contributed by atoms with E-state index in [4.69, 9.17) is 31.9 Å². The minimum Gasteiger partial charge on any atom is -0.493 e. The van der Waals surface area contributed by atoms with Gasteiger partial charge in [0.2, 0.25) is 0 Å². The number of methoxy groups -OCH3 is 2. The van der Waals surface area contributed by atoms with E-state index < -0.39 is 6.04 Å². The largest absolute Gasteiger partial charge is 0.493 e. The second-order valence-corrected chi connectivity index (χ2v) is 3.43. The third-order valence-electron chi connectivity index (χ3n) is 2.08. The first-order valence-corrected chi connectivity index (χ1v) is 4.79. The van der Waals surface area contributed by atoms with E-state index in [1.807, 2.05) is 0 Å². The molecule has 0 aromatic heterocycles. The standard InChI is InChI=1S/C10H14ClNO3/c1-14-9-4-6(8(12)5-13)3-7(11)10(9)15-2/h3-4,8,13H,5,12H2,1-2H3/t8-/m1/s1. The van der Waals surface area contributed by atoms with Crippen LogP contribution in [0.3, 0.4) is 0 Å². The van der Waals surface area contributed by atoms with Crippen LogP contribution in [-0.4, -0.2) is 25.9 Å². The fourth-order valence-corrected chi connectivity index (χ4v) is 1.55. The number of aliphatic hydroxyl groups is 1. The molecule has 1 aromatic carbocycles. The minimum atomic E-state index is -0.470. The highest BCUT2D eigenvalue weighted by atomic mass is 35.5. The molecule has 0 radical (unpaired) electrons. The predicted octanol–water partition coefficient (Wildman–Crippen LogP) is 1.35. The Hall–Kier alpha value is -0.970. The van der Waals surface area contributed by atoms with Gasteiger partial charge in [0.15, 0.2) is 11.5 Å². The molecule has 0 heterocycles. The maximum Gasteiger partial charge on any atom is 0.179 e. The van der Waals surface area contributed by atoms with Gasteiger partial charge in [-0.2, -0.15) is 0 Å². The molecule has 84 valence electrons. The number of benzene rings is 1. The number of halogens is 1. The van der Waals surface area contributed by atoms with Gasteiger partial charge in [0.1, 0.15) is 0 Å². The molecule has 0 bridgehead atoms. The molecule has 1 aromatic rings. The maximum absolute atomic E-state index is 8.93. The van der Waals surface area contributed by atoms with Gasteiger partial charge in [0.05, 0.1) is 31.9 Å². The third-order valence-corrected chi connectivity index (χ3v) is 2.36. The van der Waals surface area contributed by atoms with Gasteiger partial charge in [0, 0.05) is 0 Å². The topological polar surface area (TPSA) is 64.7 Å². The third kappa shape index (κ3) is 2.53. The molecular weight excluding hydrogens is 218 g/mol. The van der Waals surface area contributed by atoms with Gasteiger partial charge in [-0.25, -0.2) is 0 Å². The predicted molar refractivity (Wildman–Crippen MR) is 58.6 cm³/mol. The molecule has 15 heavy (non-hydrogen) atoms. The van der Waals surface area contributed by atoms with Gasteiger partial charge in [0.25, 0.3) is 0 Å². The van der Waals surface area contributed by atoms with Crippen LogP contribution in [0, 0.1) is 0 Å². The lowest BCUT2D eigenvalue weighted by Crippen LogP contribution is -2.14. The highest BCUT2D eigenvalue weighted by molar-refractivity contribution is 6.32. The van der Waals surface area contributed by atoms with Crippen LogP contribution >= 0.6 is 11.6 Å². The average Bonchev–Trinajstić information content (AvgIpc) is 2.26. The van der Waals surface area contributed by atoms with Gasteiger partial charge >= 0.3 is 0 Å². The summed E-state index contributed by atoms with van der Waals surface area (Å²) in [5.74, 6) is 0.969. The lowest BCUT2D eigenvalue weighted by Gasteiger charge is -2.14. The summed E-state index contributed by atoms with van der Waals surface area (Å²) in [6.07, 6.45) is 0. The Balaban J connectivity index is 3.19. The number of ether oxygens (including phenoxy) is 2. The van der Waals surface area contributed by atoms with E-state index in [2.05, 4.69) is 0 Å². The highest BCUT2D eigenvalue weighted by Crippen LogP contribution is 2.37. The van der Waals surface area contributed by atoms with Crippen molar-refractivity contribution in [1.29, 1.82) is 0 Å². The highest BCUT2D eigenvalue weighted by Gasteiger charge is 2.14. The van der Waals surface area contributed by atoms with Gasteiger partial charge in [-0.1, -0.05) is 11.6 Å². The Bertz CT molecular complexity index is 344. The van der Waals surface area contributed by atoms with E-state index in [0.717, 1.165) is 0 Å². The monoisotopic (exact) mass is 231 g/mol. The van der Waals surface area contributed by atoms with E-state index in [0.29, 0.717) is 22.1 Å². The molecule has 4 nitrogen and oxygen atoms in total. The number of nitrogens with two attached hydrogens (primary N) is 1. The Morgan fingerprint density at radius 1 is 1.40 bits per heavy atom. The molecule has 0 amide bonds. The molecule has 5 heteroatoms. The van der Waals surface area contributed by atoms with Crippen molar-refractivity contribution in [2.45, 2.75) is 6.04 Å². The number of hydrogen-bond acceptors (Lipinski definition) is 4. The molecule has 0 fully saturated rings. The molecule has 0 aliphatic carbocycles. The molecule has 3 N–H and O–H groups in total. The minimum absolute atomic E-state index is 0.147. The van der Waals surface area contributed by atoms with Gasteiger partial charge in [-0.05, 0) is 17.7 Å². The molecule has 1 rings (SSSR count). The van der Waals surface area contributed by atoms with Gasteiger partial charge in [-0.15, -0.1) is 0 Å². The summed E-state index contributed by atoms with van der Waals surface area (Å²) in [4.78, 5) is 0. The molecule has 0 saturated carbocycles. The Morgan fingerprint density at radius 3 is 2.53 bits per heavy atom. The van der Waals surface area contributed by atoms with E-state index >= 15 is 0 Å². The molecule has 0 unspecified atom stereocenters. The Morgan fingerprint density at radius 2 is 2.07 bits per heavy atom. The summed E-state index contributed by atoms with van der Waals surface area (Å²) in [6, 6.07) is 2.89. The Labute approximate surface area is 93.6 Å². The lowest BCUT2D eigenvalue weighted by molar-refractivity contribution is 0.267. The summed E-state index contributed by atoms with van der Waals surface area (Å²) in [7, 11) is 3.03. The van der Waals surface area contributed by atoms with Crippen molar-refractivity contribution in [3.63, 3.8) is 0 Å². The lowest BCUT2D eigenvalue weighted by atomic mass is 10.1. The van der Waals surface area contributed by atoms with Crippen LogP contribution in [0.1, 0.15) is 11.6 Å². The maximum atomic E-state index is 8.93.